The van der Waals surface area contributed by atoms with Crippen LogP contribution in [0.3, 0.4) is 0 Å². The molecule has 2 atom stereocenters. The maximum atomic E-state index is 11.8. The van der Waals surface area contributed by atoms with Crippen LogP contribution in [-0.4, -0.2) is 46.5 Å². The van der Waals surface area contributed by atoms with E-state index in [4.69, 9.17) is 9.47 Å². The molecule has 1 aromatic rings. The first-order valence-electron chi connectivity index (χ1n) is 7.74. The highest BCUT2D eigenvalue weighted by molar-refractivity contribution is 5.71. The summed E-state index contributed by atoms with van der Waals surface area (Å²) in [7, 11) is 0. The van der Waals surface area contributed by atoms with Gasteiger partial charge < -0.3 is 14.6 Å². The fourth-order valence-electron chi connectivity index (χ4n) is 3.08. The van der Waals surface area contributed by atoms with Gasteiger partial charge in [0.05, 0.1) is 25.2 Å². The molecule has 0 saturated carbocycles. The van der Waals surface area contributed by atoms with Crippen LogP contribution in [0.5, 0.6) is 0 Å². The molecule has 0 aromatic heterocycles. The number of hydrogen-bond acceptors (Lipinski definition) is 4. The highest BCUT2D eigenvalue weighted by Gasteiger charge is 2.50. The summed E-state index contributed by atoms with van der Waals surface area (Å²) in [6.07, 6.45) is -1.05. The summed E-state index contributed by atoms with van der Waals surface area (Å²) in [5, 5.41) is 9.58. The van der Waals surface area contributed by atoms with Gasteiger partial charge in [-0.25, -0.2) is 4.79 Å². The van der Waals surface area contributed by atoms with Gasteiger partial charge in [0.2, 0.25) is 0 Å². The monoisotopic (exact) mass is 321 g/mol. The van der Waals surface area contributed by atoms with Crippen molar-refractivity contribution in [2.45, 2.75) is 51.5 Å². The first-order chi connectivity index (χ1) is 10.8. The van der Waals surface area contributed by atoms with E-state index in [0.717, 1.165) is 5.56 Å². The van der Waals surface area contributed by atoms with E-state index >= 15 is 0 Å². The van der Waals surface area contributed by atoms with E-state index in [9.17, 15) is 14.7 Å². The standard InChI is InChI=1S/C17H23NO5/c1-4-22-15(19)11-14-13(10-12-8-6-5-7-9-12)18(16(20)21)17(2,3)23-14/h5-9,13-14H,4,10-11H2,1-3H3,(H,20,21). The van der Waals surface area contributed by atoms with Gasteiger partial charge in [0, 0.05) is 0 Å². The van der Waals surface area contributed by atoms with Crippen LogP contribution in [0.2, 0.25) is 0 Å². The zero-order valence-corrected chi connectivity index (χ0v) is 13.7. The Hall–Kier alpha value is -2.08. The van der Waals surface area contributed by atoms with Gasteiger partial charge in [0.15, 0.2) is 0 Å². The molecule has 23 heavy (non-hydrogen) atoms. The Balaban J connectivity index is 2.24. The minimum atomic E-state index is -1.05. The molecule has 1 amide bonds. The van der Waals surface area contributed by atoms with Crippen LogP contribution in [0.15, 0.2) is 30.3 Å². The molecule has 1 saturated heterocycles. The maximum absolute atomic E-state index is 11.8. The van der Waals surface area contributed by atoms with Crippen molar-refractivity contribution in [2.75, 3.05) is 6.61 Å². The Bertz CT molecular complexity index is 557. The van der Waals surface area contributed by atoms with Crippen molar-refractivity contribution in [3.63, 3.8) is 0 Å². The second kappa shape index (κ2) is 7.00. The molecule has 0 bridgehead atoms. The first-order valence-corrected chi connectivity index (χ1v) is 7.74. The number of nitrogens with zero attached hydrogens (tertiary/aromatic N) is 1. The van der Waals surface area contributed by atoms with E-state index < -0.39 is 24.0 Å². The van der Waals surface area contributed by atoms with Gasteiger partial charge in [-0.2, -0.15) is 0 Å². The quantitative estimate of drug-likeness (QED) is 0.844. The van der Waals surface area contributed by atoms with Gasteiger partial charge in [0.25, 0.3) is 0 Å². The van der Waals surface area contributed by atoms with Gasteiger partial charge in [-0.05, 0) is 32.8 Å². The molecule has 0 spiro atoms. The van der Waals surface area contributed by atoms with Crippen molar-refractivity contribution >= 4 is 12.1 Å². The zero-order valence-electron chi connectivity index (χ0n) is 13.7. The summed E-state index contributed by atoms with van der Waals surface area (Å²) in [5.74, 6) is -0.376. The molecular weight excluding hydrogens is 298 g/mol. The van der Waals surface area contributed by atoms with Crippen molar-refractivity contribution in [1.82, 2.24) is 4.90 Å². The topological polar surface area (TPSA) is 76.1 Å². The van der Waals surface area contributed by atoms with Gasteiger partial charge in [0.1, 0.15) is 5.72 Å². The number of rotatable bonds is 5. The molecule has 1 heterocycles. The lowest BCUT2D eigenvalue weighted by Gasteiger charge is -2.31. The van der Waals surface area contributed by atoms with Crippen LogP contribution >= 0.6 is 0 Å². The molecule has 1 N–H and O–H groups in total. The minimum Gasteiger partial charge on any atom is -0.466 e. The summed E-state index contributed by atoms with van der Waals surface area (Å²) in [6.45, 7) is 5.43. The normalized spacial score (nSPS) is 22.8. The van der Waals surface area contributed by atoms with Crippen molar-refractivity contribution in [1.29, 1.82) is 0 Å². The number of carboxylic acid groups (broad SMARTS) is 1. The Morgan fingerprint density at radius 2 is 1.96 bits per heavy atom. The molecule has 6 nitrogen and oxygen atoms in total. The average molecular weight is 321 g/mol. The fourth-order valence-corrected chi connectivity index (χ4v) is 3.08. The van der Waals surface area contributed by atoms with E-state index in [1.54, 1.807) is 20.8 Å². The molecule has 0 radical (unpaired) electrons. The van der Waals surface area contributed by atoms with Crippen LogP contribution in [0.1, 0.15) is 32.8 Å². The first kappa shape index (κ1) is 17.3. The van der Waals surface area contributed by atoms with Gasteiger partial charge in [-0.3, -0.25) is 9.69 Å². The third kappa shape index (κ3) is 4.01. The SMILES string of the molecule is CCOC(=O)CC1OC(C)(C)N(C(=O)O)C1Cc1ccccc1. The number of carbonyl (C=O) groups excluding carboxylic acids is 1. The predicted molar refractivity (Wildman–Crippen MR) is 84.0 cm³/mol. The summed E-state index contributed by atoms with van der Waals surface area (Å²) < 4.78 is 10.9. The van der Waals surface area contributed by atoms with E-state index in [-0.39, 0.29) is 12.4 Å². The van der Waals surface area contributed by atoms with Gasteiger partial charge in [-0.15, -0.1) is 0 Å². The van der Waals surface area contributed by atoms with E-state index in [0.29, 0.717) is 13.0 Å². The molecule has 1 fully saturated rings. The van der Waals surface area contributed by atoms with E-state index in [1.165, 1.54) is 4.90 Å². The van der Waals surface area contributed by atoms with Gasteiger partial charge in [-0.1, -0.05) is 30.3 Å². The van der Waals surface area contributed by atoms with Crippen LogP contribution in [0, 0.1) is 0 Å². The lowest BCUT2D eigenvalue weighted by Crippen LogP contribution is -2.48. The average Bonchev–Trinajstić information content (AvgIpc) is 2.70. The Morgan fingerprint density at radius 1 is 1.30 bits per heavy atom. The predicted octanol–water partition coefficient (Wildman–Crippen LogP) is 2.67. The Labute approximate surface area is 136 Å². The zero-order chi connectivity index (χ0) is 17.0. The largest absolute Gasteiger partial charge is 0.466 e. The third-order valence-electron chi connectivity index (χ3n) is 3.95. The number of hydrogen-bond donors (Lipinski definition) is 1. The summed E-state index contributed by atoms with van der Waals surface area (Å²) >= 11 is 0. The van der Waals surface area contributed by atoms with Crippen molar-refractivity contribution in [3.05, 3.63) is 35.9 Å². The summed E-state index contributed by atoms with van der Waals surface area (Å²) in [6, 6.07) is 9.15. The van der Waals surface area contributed by atoms with E-state index in [2.05, 4.69) is 0 Å². The van der Waals surface area contributed by atoms with Crippen LogP contribution < -0.4 is 0 Å². The lowest BCUT2D eigenvalue weighted by atomic mass is 9.98. The molecule has 6 heteroatoms. The highest BCUT2D eigenvalue weighted by atomic mass is 16.6. The molecule has 126 valence electrons. The van der Waals surface area contributed by atoms with Crippen molar-refractivity contribution < 1.29 is 24.2 Å². The molecule has 1 aliphatic rings. The molecule has 2 rings (SSSR count). The summed E-state index contributed by atoms with van der Waals surface area (Å²) in [5.41, 5.74) is 0.0153. The van der Waals surface area contributed by atoms with Gasteiger partial charge >= 0.3 is 12.1 Å². The van der Waals surface area contributed by atoms with Crippen LogP contribution in [0.4, 0.5) is 4.79 Å². The van der Waals surface area contributed by atoms with E-state index in [1.807, 2.05) is 30.3 Å². The second-order valence-electron chi connectivity index (χ2n) is 6.02. The number of esters is 1. The van der Waals surface area contributed by atoms with Crippen LogP contribution in [0.25, 0.3) is 0 Å². The molecular formula is C17H23NO5. The van der Waals surface area contributed by atoms with Crippen molar-refractivity contribution in [3.8, 4) is 0 Å². The fraction of sp³-hybridized carbons (Fsp3) is 0.529. The van der Waals surface area contributed by atoms with Crippen LogP contribution in [-0.2, 0) is 20.7 Å². The lowest BCUT2D eigenvalue weighted by molar-refractivity contribution is -0.147. The number of ether oxygens (including phenoxy) is 2. The molecule has 1 aromatic carbocycles. The Morgan fingerprint density at radius 3 is 2.52 bits per heavy atom. The number of carbonyl (C=O) groups is 2. The molecule has 0 aliphatic carbocycles. The maximum Gasteiger partial charge on any atom is 0.409 e. The summed E-state index contributed by atoms with van der Waals surface area (Å²) in [4.78, 5) is 24.8. The smallest absolute Gasteiger partial charge is 0.409 e. The third-order valence-corrected chi connectivity index (χ3v) is 3.95. The highest BCUT2D eigenvalue weighted by Crippen LogP contribution is 2.35. The second-order valence-corrected chi connectivity index (χ2v) is 6.02. The number of amides is 1. The number of benzene rings is 1. The molecule has 2 unspecified atom stereocenters. The Kier molecular flexibility index (Phi) is 5.26. The minimum absolute atomic E-state index is 0.0402. The van der Waals surface area contributed by atoms with Crippen molar-refractivity contribution in [2.24, 2.45) is 0 Å². The molecule has 1 aliphatic heterocycles.